The van der Waals surface area contributed by atoms with Gasteiger partial charge in [-0.05, 0) is 36.4 Å². The molecule has 0 radical (unpaired) electrons. The maximum atomic E-state index is 12.3. The Balaban J connectivity index is 1.35. The zero-order valence-electron chi connectivity index (χ0n) is 13.6. The summed E-state index contributed by atoms with van der Waals surface area (Å²) < 4.78 is 16.3. The average molecular weight is 369 g/mol. The Morgan fingerprint density at radius 3 is 2.73 bits per heavy atom. The van der Waals surface area contributed by atoms with E-state index in [0.717, 1.165) is 4.88 Å². The quantitative estimate of drug-likeness (QED) is 0.700. The summed E-state index contributed by atoms with van der Waals surface area (Å²) in [5, 5.41) is 2.82. The van der Waals surface area contributed by atoms with Gasteiger partial charge in [-0.25, -0.2) is 0 Å². The number of carbonyl (C=O) groups is 2. The van der Waals surface area contributed by atoms with Gasteiger partial charge in [-0.3, -0.25) is 9.59 Å². The molecule has 4 rings (SSSR count). The topological polar surface area (TPSA) is 77.8 Å². The number of para-hydroxylation sites is 2. The third kappa shape index (κ3) is 3.34. The number of thiophene rings is 1. The number of hydrogen-bond donors (Lipinski definition) is 1. The fraction of sp³-hybridized carbons (Fsp3) is 0.158. The summed E-state index contributed by atoms with van der Waals surface area (Å²) in [6, 6.07) is 14.1. The van der Waals surface area contributed by atoms with Crippen molar-refractivity contribution < 1.29 is 23.5 Å². The van der Waals surface area contributed by atoms with Crippen molar-refractivity contribution in [2.45, 2.75) is 12.6 Å². The predicted molar refractivity (Wildman–Crippen MR) is 94.7 cm³/mol. The summed E-state index contributed by atoms with van der Waals surface area (Å²) in [4.78, 5) is 26.0. The largest absolute Gasteiger partial charge is 0.485 e. The number of fused-ring (bicyclic) bond motifs is 1. The van der Waals surface area contributed by atoms with Crippen molar-refractivity contribution in [2.75, 3.05) is 6.61 Å². The number of carbonyl (C=O) groups excluding carboxylic acids is 2. The molecule has 0 spiro atoms. The lowest BCUT2D eigenvalue weighted by atomic mass is 10.2. The predicted octanol–water partition coefficient (Wildman–Crippen LogP) is 3.03. The molecule has 3 aromatic rings. The van der Waals surface area contributed by atoms with Crippen molar-refractivity contribution in [1.29, 1.82) is 0 Å². The minimum atomic E-state index is -0.700. The number of ether oxygens (including phenoxy) is 2. The number of nitrogens with one attached hydrogen (secondary N) is 1. The van der Waals surface area contributed by atoms with Crippen LogP contribution in [0.25, 0.3) is 0 Å². The molecule has 0 unspecified atom stereocenters. The van der Waals surface area contributed by atoms with Crippen LogP contribution in [0.15, 0.2) is 59.2 Å². The Morgan fingerprint density at radius 1 is 1.08 bits per heavy atom. The van der Waals surface area contributed by atoms with Crippen molar-refractivity contribution >= 4 is 23.0 Å². The SMILES string of the molecule is O=C(c1ccco1)c1ccc(CNC(=O)[C@H]2COc3ccccc3O2)s1. The molecule has 6 nitrogen and oxygen atoms in total. The Hall–Kier alpha value is -3.06. The summed E-state index contributed by atoms with van der Waals surface area (Å²) in [6.45, 7) is 0.478. The molecule has 132 valence electrons. The molecular formula is C19H15NO5S. The molecule has 1 aliphatic heterocycles. The fourth-order valence-electron chi connectivity index (χ4n) is 2.56. The molecule has 2 aromatic heterocycles. The van der Waals surface area contributed by atoms with Crippen LogP contribution in [0.5, 0.6) is 11.5 Å². The van der Waals surface area contributed by atoms with Gasteiger partial charge in [0, 0.05) is 4.88 Å². The van der Waals surface area contributed by atoms with Gasteiger partial charge in [-0.1, -0.05) is 12.1 Å². The van der Waals surface area contributed by atoms with E-state index in [0.29, 0.717) is 28.7 Å². The first-order valence-electron chi connectivity index (χ1n) is 8.04. The zero-order chi connectivity index (χ0) is 17.9. The number of benzene rings is 1. The molecule has 0 bridgehead atoms. The van der Waals surface area contributed by atoms with Gasteiger partial charge in [0.05, 0.1) is 17.7 Å². The van der Waals surface area contributed by atoms with Crippen molar-refractivity contribution in [3.05, 3.63) is 70.3 Å². The maximum Gasteiger partial charge on any atom is 0.264 e. The molecule has 3 heterocycles. The van der Waals surface area contributed by atoms with Crippen molar-refractivity contribution in [2.24, 2.45) is 0 Å². The van der Waals surface area contributed by atoms with E-state index in [4.69, 9.17) is 13.9 Å². The van der Waals surface area contributed by atoms with Crippen molar-refractivity contribution in [3.8, 4) is 11.5 Å². The summed E-state index contributed by atoms with van der Waals surface area (Å²) in [7, 11) is 0. The van der Waals surface area contributed by atoms with Gasteiger partial charge < -0.3 is 19.2 Å². The van der Waals surface area contributed by atoms with E-state index in [1.807, 2.05) is 18.2 Å². The molecule has 1 atom stereocenters. The summed E-state index contributed by atoms with van der Waals surface area (Å²) in [5.74, 6) is 1.07. The second-order valence-electron chi connectivity index (χ2n) is 5.65. The average Bonchev–Trinajstić information content (AvgIpc) is 3.37. The number of furan rings is 1. The monoisotopic (exact) mass is 369 g/mol. The van der Waals surface area contributed by atoms with Gasteiger partial charge >= 0.3 is 0 Å². The number of ketones is 1. The Kier molecular flexibility index (Phi) is 4.45. The normalized spacial score (nSPS) is 15.5. The van der Waals surface area contributed by atoms with Crippen LogP contribution >= 0.6 is 11.3 Å². The lowest BCUT2D eigenvalue weighted by molar-refractivity contribution is -0.130. The number of rotatable bonds is 5. The van der Waals surface area contributed by atoms with Crippen LogP contribution in [-0.2, 0) is 11.3 Å². The standard InChI is InChI=1S/C19H15NO5S/c21-18(15-6-3-9-23-15)17-8-7-12(26-17)10-20-19(22)16-11-24-13-4-1-2-5-14(13)25-16/h1-9,16H,10-11H2,(H,20,22)/t16-/m1/s1. The highest BCUT2D eigenvalue weighted by molar-refractivity contribution is 7.14. The zero-order valence-corrected chi connectivity index (χ0v) is 14.5. The van der Waals surface area contributed by atoms with E-state index < -0.39 is 6.10 Å². The lowest BCUT2D eigenvalue weighted by Gasteiger charge is -2.25. The van der Waals surface area contributed by atoms with Gasteiger partial charge in [0.2, 0.25) is 11.9 Å². The lowest BCUT2D eigenvalue weighted by Crippen LogP contribution is -2.43. The fourth-order valence-corrected chi connectivity index (χ4v) is 3.45. The molecule has 1 amide bonds. The highest BCUT2D eigenvalue weighted by Gasteiger charge is 2.27. The first-order valence-corrected chi connectivity index (χ1v) is 8.85. The summed E-state index contributed by atoms with van der Waals surface area (Å²) in [5.41, 5.74) is 0. The first-order chi connectivity index (χ1) is 12.7. The van der Waals surface area contributed by atoms with Crippen LogP contribution < -0.4 is 14.8 Å². The van der Waals surface area contributed by atoms with Crippen LogP contribution in [0.2, 0.25) is 0 Å². The highest BCUT2D eigenvalue weighted by Crippen LogP contribution is 2.30. The molecule has 0 saturated heterocycles. The van der Waals surface area contributed by atoms with Gasteiger partial charge in [0.1, 0.15) is 6.61 Å². The molecule has 26 heavy (non-hydrogen) atoms. The van der Waals surface area contributed by atoms with Gasteiger partial charge in [-0.15, -0.1) is 11.3 Å². The molecular weight excluding hydrogens is 354 g/mol. The second kappa shape index (κ2) is 7.05. The van der Waals surface area contributed by atoms with Crippen LogP contribution in [0.1, 0.15) is 20.3 Å². The van der Waals surface area contributed by atoms with Gasteiger partial charge in [0.25, 0.3) is 5.91 Å². The van der Waals surface area contributed by atoms with Gasteiger partial charge in [0.15, 0.2) is 17.3 Å². The summed E-state index contributed by atoms with van der Waals surface area (Å²) in [6.07, 6.45) is 0.765. The van der Waals surface area contributed by atoms with E-state index in [9.17, 15) is 9.59 Å². The van der Waals surface area contributed by atoms with Crippen LogP contribution in [0.3, 0.4) is 0 Å². The van der Waals surface area contributed by atoms with E-state index >= 15 is 0 Å². The third-order valence-electron chi connectivity index (χ3n) is 3.87. The minimum Gasteiger partial charge on any atom is -0.485 e. The molecule has 1 aromatic carbocycles. The number of amides is 1. The molecule has 7 heteroatoms. The second-order valence-corrected chi connectivity index (χ2v) is 6.82. The van der Waals surface area contributed by atoms with Crippen molar-refractivity contribution in [3.63, 3.8) is 0 Å². The smallest absolute Gasteiger partial charge is 0.264 e. The van der Waals surface area contributed by atoms with Crippen LogP contribution in [0, 0.1) is 0 Å². The van der Waals surface area contributed by atoms with Crippen molar-refractivity contribution in [1.82, 2.24) is 5.32 Å². The molecule has 1 N–H and O–H groups in total. The molecule has 0 aliphatic carbocycles. The van der Waals surface area contributed by atoms with Crippen LogP contribution in [0.4, 0.5) is 0 Å². The molecule has 0 fully saturated rings. The van der Waals surface area contributed by atoms with E-state index in [2.05, 4.69) is 5.32 Å². The van der Waals surface area contributed by atoms with Gasteiger partial charge in [-0.2, -0.15) is 0 Å². The highest BCUT2D eigenvalue weighted by atomic mass is 32.1. The molecule has 0 saturated carbocycles. The first kappa shape index (κ1) is 16.4. The minimum absolute atomic E-state index is 0.162. The molecule has 1 aliphatic rings. The Labute approximate surface area is 153 Å². The van der Waals surface area contributed by atoms with E-state index in [-0.39, 0.29) is 18.3 Å². The van der Waals surface area contributed by atoms with Crippen LogP contribution in [-0.4, -0.2) is 24.4 Å². The Bertz CT molecular complexity index is 931. The van der Waals surface area contributed by atoms with E-state index in [1.165, 1.54) is 17.6 Å². The Morgan fingerprint density at radius 2 is 1.92 bits per heavy atom. The third-order valence-corrected chi connectivity index (χ3v) is 4.95. The van der Waals surface area contributed by atoms with E-state index in [1.54, 1.807) is 30.3 Å². The number of hydrogen-bond acceptors (Lipinski definition) is 6. The maximum absolute atomic E-state index is 12.3. The summed E-state index contributed by atoms with van der Waals surface area (Å²) >= 11 is 1.32.